The van der Waals surface area contributed by atoms with Crippen molar-refractivity contribution in [2.24, 2.45) is 0 Å². The quantitative estimate of drug-likeness (QED) is 0.450. The molecule has 5 heteroatoms. The average Bonchev–Trinajstić information content (AvgIpc) is 2.30. The molecule has 5 nitrogen and oxygen atoms in total. The minimum atomic E-state index is -1.14. The molecule has 0 atom stereocenters. The minimum absolute atomic E-state index is 0.241. The number of carbonyl (C=O) groups excluding carboxylic acids is 1. The molecule has 1 N–H and O–H groups in total. The highest BCUT2D eigenvalue weighted by atomic mass is 17.2. The second kappa shape index (κ2) is 6.46. The van der Waals surface area contributed by atoms with Gasteiger partial charge in [-0.1, -0.05) is 30.3 Å². The fourth-order valence-electron chi connectivity index (χ4n) is 1.43. The van der Waals surface area contributed by atoms with Gasteiger partial charge in [-0.2, -0.15) is 0 Å². The summed E-state index contributed by atoms with van der Waals surface area (Å²) in [4.78, 5) is 20.8. The van der Waals surface area contributed by atoms with E-state index in [0.29, 0.717) is 5.56 Å². The minimum Gasteiger partial charge on any atom is -0.287 e. The van der Waals surface area contributed by atoms with Crippen molar-refractivity contribution in [2.75, 3.05) is 19.8 Å². The molecule has 0 saturated carbocycles. The van der Waals surface area contributed by atoms with Gasteiger partial charge in [0.05, 0.1) is 4.97 Å². The Balaban J connectivity index is 2.71. The zero-order valence-electron chi connectivity index (χ0n) is 10.1. The van der Waals surface area contributed by atoms with Crippen LogP contribution in [0.2, 0.25) is 0 Å². The van der Waals surface area contributed by atoms with Gasteiger partial charge >= 0.3 is 0 Å². The molecule has 1 aromatic rings. The first-order valence-corrected chi connectivity index (χ1v) is 5.59. The maximum Gasteiger partial charge on any atom is 0.240 e. The third kappa shape index (κ3) is 4.24. The van der Waals surface area contributed by atoms with Crippen molar-refractivity contribution in [2.45, 2.75) is 13.8 Å². The van der Waals surface area contributed by atoms with E-state index in [0.717, 1.165) is 0 Å². The van der Waals surface area contributed by atoms with E-state index in [1.54, 1.807) is 38.1 Å². The Hall–Kier alpha value is -1.27. The Morgan fingerprint density at radius 2 is 1.71 bits per heavy atom. The van der Waals surface area contributed by atoms with Crippen molar-refractivity contribution >= 4 is 5.78 Å². The van der Waals surface area contributed by atoms with E-state index in [9.17, 15) is 10.0 Å². The largest absolute Gasteiger partial charge is 0.287 e. The van der Waals surface area contributed by atoms with Crippen LogP contribution < -0.4 is 0 Å². The number of benzene rings is 1. The number of hydroxylamine groups is 3. The Labute approximate surface area is 101 Å². The predicted octanol–water partition coefficient (Wildman–Crippen LogP) is 1.98. The number of quaternary nitrogens is 1. The molecule has 94 valence electrons. The first-order chi connectivity index (χ1) is 8.11. The molecule has 0 saturated heterocycles. The number of ketones is 1. The number of carbonyl (C=O) groups is 1. The lowest BCUT2D eigenvalue weighted by Gasteiger charge is -2.22. The van der Waals surface area contributed by atoms with Crippen LogP contribution in [0.5, 0.6) is 0 Å². The Morgan fingerprint density at radius 3 is 2.18 bits per heavy atom. The number of hydrogen-bond donors (Lipinski definition) is 1. The summed E-state index contributed by atoms with van der Waals surface area (Å²) in [5, 5.41) is 9.92. The normalized spacial score (nSPS) is 11.5. The molecule has 0 aliphatic carbocycles. The predicted molar refractivity (Wildman–Crippen MR) is 60.9 cm³/mol. The molecule has 1 aromatic carbocycles. The van der Waals surface area contributed by atoms with Crippen LogP contribution in [0.15, 0.2) is 30.3 Å². The van der Waals surface area contributed by atoms with Gasteiger partial charge < -0.3 is 0 Å². The molecule has 0 spiro atoms. The van der Waals surface area contributed by atoms with E-state index in [1.165, 1.54) is 0 Å². The zero-order valence-corrected chi connectivity index (χ0v) is 10.1. The molecule has 0 fully saturated rings. The highest BCUT2D eigenvalue weighted by molar-refractivity contribution is 5.96. The molecule has 0 heterocycles. The SMILES string of the molecule is CCO[N+](O)(CC(=O)c1ccccc1)OCC. The molecule has 0 aliphatic rings. The Morgan fingerprint density at radius 1 is 1.18 bits per heavy atom. The second-order valence-electron chi connectivity index (χ2n) is 3.42. The van der Waals surface area contributed by atoms with E-state index in [2.05, 4.69) is 0 Å². The van der Waals surface area contributed by atoms with Crippen molar-refractivity contribution in [3.05, 3.63) is 35.9 Å². The Kier molecular flexibility index (Phi) is 5.24. The zero-order chi connectivity index (χ0) is 12.7. The standard InChI is InChI=1S/C12H18NO4/c1-3-16-13(15,17-4-2)10-12(14)11-8-6-5-7-9-11/h5-9,15H,3-4,10H2,1-2H3/q+1. The number of nitrogens with zero attached hydrogens (tertiary/aromatic N) is 1. The van der Waals surface area contributed by atoms with Crippen molar-refractivity contribution in [3.8, 4) is 0 Å². The summed E-state index contributed by atoms with van der Waals surface area (Å²) in [5.41, 5.74) is 0.517. The first kappa shape index (κ1) is 13.8. The second-order valence-corrected chi connectivity index (χ2v) is 3.42. The lowest BCUT2D eigenvalue weighted by Crippen LogP contribution is -2.48. The maximum atomic E-state index is 11.9. The van der Waals surface area contributed by atoms with E-state index in [1.807, 2.05) is 6.07 Å². The molecule has 0 amide bonds. The highest BCUT2D eigenvalue weighted by Gasteiger charge is 2.33. The van der Waals surface area contributed by atoms with Gasteiger partial charge in [0.1, 0.15) is 13.2 Å². The fourth-order valence-corrected chi connectivity index (χ4v) is 1.43. The molecule has 0 radical (unpaired) electrons. The lowest BCUT2D eigenvalue weighted by atomic mass is 10.1. The molecular weight excluding hydrogens is 222 g/mol. The monoisotopic (exact) mass is 240 g/mol. The molecule has 0 bridgehead atoms. The number of hydrogen-bond acceptors (Lipinski definition) is 4. The summed E-state index contributed by atoms with van der Waals surface area (Å²) in [6.07, 6.45) is 0. The topological polar surface area (TPSA) is 55.8 Å². The van der Waals surface area contributed by atoms with Crippen LogP contribution >= 0.6 is 0 Å². The van der Waals surface area contributed by atoms with Crippen molar-refractivity contribution < 1.29 is 24.6 Å². The third-order valence-corrected chi connectivity index (χ3v) is 2.10. The molecular formula is C12H18NO4+. The summed E-state index contributed by atoms with van der Waals surface area (Å²) >= 11 is 0. The summed E-state index contributed by atoms with van der Waals surface area (Å²) in [7, 11) is 0. The Bertz CT molecular complexity index is 347. The highest BCUT2D eigenvalue weighted by Crippen LogP contribution is 2.09. The van der Waals surface area contributed by atoms with Crippen molar-refractivity contribution in [1.29, 1.82) is 0 Å². The van der Waals surface area contributed by atoms with Gasteiger partial charge in [0, 0.05) is 5.56 Å². The van der Waals surface area contributed by atoms with E-state index in [4.69, 9.17) is 9.68 Å². The summed E-state index contributed by atoms with van der Waals surface area (Å²) in [5.74, 6) is -0.241. The molecule has 0 aliphatic heterocycles. The summed E-state index contributed by atoms with van der Waals surface area (Å²) in [6.45, 7) is 3.66. The van der Waals surface area contributed by atoms with Crippen LogP contribution in [0.4, 0.5) is 0 Å². The van der Waals surface area contributed by atoms with Gasteiger partial charge in [-0.05, 0) is 13.8 Å². The number of Topliss-reactive ketones (excluding diaryl/α,β-unsaturated/α-hetero) is 1. The van der Waals surface area contributed by atoms with Crippen LogP contribution in [-0.2, 0) is 9.68 Å². The smallest absolute Gasteiger partial charge is 0.240 e. The van der Waals surface area contributed by atoms with Gasteiger partial charge in [-0.15, -0.1) is 14.9 Å². The van der Waals surface area contributed by atoms with Crippen LogP contribution in [0.3, 0.4) is 0 Å². The van der Waals surface area contributed by atoms with Gasteiger partial charge in [0.2, 0.25) is 12.3 Å². The van der Waals surface area contributed by atoms with Crippen LogP contribution in [0.25, 0.3) is 0 Å². The average molecular weight is 240 g/mol. The van der Waals surface area contributed by atoms with Gasteiger partial charge in [0.15, 0.2) is 0 Å². The van der Waals surface area contributed by atoms with Crippen LogP contribution in [-0.4, -0.2) is 35.7 Å². The lowest BCUT2D eigenvalue weighted by molar-refractivity contribution is -1.36. The fraction of sp³-hybridized carbons (Fsp3) is 0.417. The van der Waals surface area contributed by atoms with E-state index in [-0.39, 0.29) is 25.5 Å². The molecule has 17 heavy (non-hydrogen) atoms. The van der Waals surface area contributed by atoms with Crippen LogP contribution in [0.1, 0.15) is 24.2 Å². The van der Waals surface area contributed by atoms with Crippen molar-refractivity contribution in [1.82, 2.24) is 0 Å². The summed E-state index contributed by atoms with van der Waals surface area (Å²) < 4.78 is 0. The van der Waals surface area contributed by atoms with Gasteiger partial charge in [-0.3, -0.25) is 4.79 Å². The third-order valence-electron chi connectivity index (χ3n) is 2.10. The van der Waals surface area contributed by atoms with E-state index >= 15 is 0 Å². The van der Waals surface area contributed by atoms with Crippen molar-refractivity contribution in [3.63, 3.8) is 0 Å². The molecule has 1 rings (SSSR count). The molecule has 0 unspecified atom stereocenters. The maximum absolute atomic E-state index is 11.9. The van der Waals surface area contributed by atoms with Gasteiger partial charge in [-0.25, -0.2) is 0 Å². The number of rotatable bonds is 7. The van der Waals surface area contributed by atoms with E-state index < -0.39 is 4.97 Å². The summed E-state index contributed by atoms with van der Waals surface area (Å²) in [6, 6.07) is 8.72. The van der Waals surface area contributed by atoms with Gasteiger partial charge in [0.25, 0.3) is 0 Å². The first-order valence-electron chi connectivity index (χ1n) is 5.59. The van der Waals surface area contributed by atoms with Crippen LogP contribution in [0, 0.1) is 0 Å². The molecule has 0 aromatic heterocycles.